The zero-order chi connectivity index (χ0) is 28.9. The smallest absolute Gasteiger partial charge is 0.203 e. The zero-order valence-electron chi connectivity index (χ0n) is 24.4. The number of benzene rings is 3. The van der Waals surface area contributed by atoms with Crippen LogP contribution in [0.25, 0.3) is 45.8 Å². The minimum atomic E-state index is 0.554. The number of rotatable bonds is 8. The van der Waals surface area contributed by atoms with Crippen molar-refractivity contribution >= 4 is 12.2 Å². The first-order chi connectivity index (χ1) is 19.9. The SMILES string of the molecule is COc1cc(-c2cnc(-c3cnc(-c4ccc(C)c(C)c4)c(C)c3)c(/C=C/c3ccccc3)c2)cc(OC)c1OC. The average molecular weight is 543 g/mol. The van der Waals surface area contributed by atoms with Gasteiger partial charge in [-0.15, -0.1) is 0 Å². The first kappa shape index (κ1) is 27.7. The van der Waals surface area contributed by atoms with Crippen molar-refractivity contribution in [3.05, 3.63) is 113 Å². The van der Waals surface area contributed by atoms with Crippen molar-refractivity contribution in [2.24, 2.45) is 0 Å². The lowest BCUT2D eigenvalue weighted by molar-refractivity contribution is 0.324. The molecular formula is C36H34N2O3. The van der Waals surface area contributed by atoms with Crippen LogP contribution in [0.5, 0.6) is 17.2 Å². The van der Waals surface area contributed by atoms with Crippen LogP contribution >= 0.6 is 0 Å². The van der Waals surface area contributed by atoms with E-state index in [4.69, 9.17) is 24.2 Å². The second kappa shape index (κ2) is 12.1. The number of hydrogen-bond acceptors (Lipinski definition) is 5. The van der Waals surface area contributed by atoms with Crippen molar-refractivity contribution in [2.45, 2.75) is 20.8 Å². The van der Waals surface area contributed by atoms with Gasteiger partial charge >= 0.3 is 0 Å². The highest BCUT2D eigenvalue weighted by molar-refractivity contribution is 5.83. The Bertz CT molecular complexity index is 1700. The van der Waals surface area contributed by atoms with Crippen molar-refractivity contribution in [1.82, 2.24) is 9.97 Å². The molecule has 0 aliphatic rings. The van der Waals surface area contributed by atoms with E-state index >= 15 is 0 Å². The van der Waals surface area contributed by atoms with E-state index in [0.29, 0.717) is 17.2 Å². The van der Waals surface area contributed by atoms with Gasteiger partial charge in [0, 0.05) is 34.6 Å². The molecule has 0 saturated heterocycles. The summed E-state index contributed by atoms with van der Waals surface area (Å²) in [6.45, 7) is 6.36. The summed E-state index contributed by atoms with van der Waals surface area (Å²) in [6, 6.07) is 24.9. The predicted molar refractivity (Wildman–Crippen MR) is 168 cm³/mol. The molecule has 206 valence electrons. The molecule has 0 spiro atoms. The molecule has 2 aromatic heterocycles. The largest absolute Gasteiger partial charge is 0.493 e. The third-order valence-corrected chi connectivity index (χ3v) is 7.30. The molecule has 0 fully saturated rings. The van der Waals surface area contributed by atoms with Crippen LogP contribution in [0.3, 0.4) is 0 Å². The fourth-order valence-electron chi connectivity index (χ4n) is 4.90. The Morgan fingerprint density at radius 2 is 1.20 bits per heavy atom. The number of nitrogens with zero attached hydrogens (tertiary/aromatic N) is 2. The van der Waals surface area contributed by atoms with Crippen LogP contribution in [-0.4, -0.2) is 31.3 Å². The lowest BCUT2D eigenvalue weighted by Crippen LogP contribution is -1.97. The highest BCUT2D eigenvalue weighted by Crippen LogP contribution is 2.42. The molecule has 0 radical (unpaired) electrons. The Morgan fingerprint density at radius 1 is 0.537 bits per heavy atom. The van der Waals surface area contributed by atoms with Gasteiger partial charge in [0.1, 0.15) is 0 Å². The third kappa shape index (κ3) is 5.85. The first-order valence-corrected chi connectivity index (χ1v) is 13.5. The number of aromatic nitrogens is 2. The van der Waals surface area contributed by atoms with Crippen molar-refractivity contribution in [3.8, 4) is 50.9 Å². The molecular weight excluding hydrogens is 508 g/mol. The van der Waals surface area contributed by atoms with Crippen LogP contribution in [-0.2, 0) is 0 Å². The Hall–Kier alpha value is -4.90. The zero-order valence-corrected chi connectivity index (χ0v) is 24.4. The lowest BCUT2D eigenvalue weighted by Gasteiger charge is -2.15. The Kier molecular flexibility index (Phi) is 8.16. The molecule has 5 aromatic rings. The monoisotopic (exact) mass is 542 g/mol. The number of aryl methyl sites for hydroxylation is 3. The average Bonchev–Trinajstić information content (AvgIpc) is 3.01. The standard InChI is InChI=1S/C36H34N2O3/c1-23-12-14-27(16-24(23)2)34-25(3)17-31(22-37-34)35-28(15-13-26-10-8-7-9-11-26)18-30(21-38-35)29-19-32(39-4)36(41-6)33(20-29)40-5/h7-22H,1-6H3/b15-13+. The molecule has 0 saturated carbocycles. The van der Waals surface area contributed by atoms with E-state index in [2.05, 4.69) is 75.4 Å². The van der Waals surface area contributed by atoms with E-state index in [1.165, 1.54) is 11.1 Å². The maximum atomic E-state index is 5.60. The van der Waals surface area contributed by atoms with Crippen molar-refractivity contribution < 1.29 is 14.2 Å². The molecule has 0 aliphatic carbocycles. The third-order valence-electron chi connectivity index (χ3n) is 7.30. The molecule has 41 heavy (non-hydrogen) atoms. The van der Waals surface area contributed by atoms with Gasteiger partial charge in [0.25, 0.3) is 0 Å². The maximum absolute atomic E-state index is 5.60. The van der Waals surface area contributed by atoms with E-state index in [1.54, 1.807) is 21.3 Å². The van der Waals surface area contributed by atoms with Crippen LogP contribution in [0.1, 0.15) is 27.8 Å². The van der Waals surface area contributed by atoms with E-state index < -0.39 is 0 Å². The normalized spacial score (nSPS) is 11.1. The Labute approximate surface area is 242 Å². The van der Waals surface area contributed by atoms with Crippen molar-refractivity contribution in [3.63, 3.8) is 0 Å². The Morgan fingerprint density at radius 3 is 1.83 bits per heavy atom. The quantitative estimate of drug-likeness (QED) is 0.196. The summed E-state index contributed by atoms with van der Waals surface area (Å²) in [5, 5.41) is 0. The van der Waals surface area contributed by atoms with Gasteiger partial charge in [-0.1, -0.05) is 54.6 Å². The molecule has 0 aliphatic heterocycles. The number of hydrogen-bond donors (Lipinski definition) is 0. The second-order valence-electron chi connectivity index (χ2n) is 10.0. The van der Waals surface area contributed by atoms with Crippen LogP contribution in [0, 0.1) is 20.8 Å². The minimum absolute atomic E-state index is 0.554. The fourth-order valence-corrected chi connectivity index (χ4v) is 4.90. The molecule has 0 N–H and O–H groups in total. The molecule has 0 unspecified atom stereocenters. The summed E-state index contributed by atoms with van der Waals surface area (Å²) in [7, 11) is 4.84. The van der Waals surface area contributed by atoms with E-state index in [0.717, 1.165) is 50.3 Å². The fraction of sp³-hybridized carbons (Fsp3) is 0.167. The number of pyridine rings is 2. The van der Waals surface area contributed by atoms with Crippen molar-refractivity contribution in [1.29, 1.82) is 0 Å². The summed E-state index contributed by atoms with van der Waals surface area (Å²) in [5.74, 6) is 1.74. The lowest BCUT2D eigenvalue weighted by atomic mass is 9.97. The molecule has 2 heterocycles. The number of methoxy groups -OCH3 is 3. The Balaban J connectivity index is 1.62. The van der Waals surface area contributed by atoms with Gasteiger partial charge in [-0.2, -0.15) is 0 Å². The van der Waals surface area contributed by atoms with Crippen LogP contribution in [0.15, 0.2) is 85.2 Å². The van der Waals surface area contributed by atoms with Crippen LogP contribution in [0.4, 0.5) is 0 Å². The van der Waals surface area contributed by atoms with Crippen LogP contribution in [0.2, 0.25) is 0 Å². The summed E-state index contributed by atoms with van der Waals surface area (Å²) >= 11 is 0. The van der Waals surface area contributed by atoms with Gasteiger partial charge in [-0.25, -0.2) is 0 Å². The molecule has 3 aromatic carbocycles. The number of ether oxygens (including phenoxy) is 3. The first-order valence-electron chi connectivity index (χ1n) is 13.5. The van der Waals surface area contributed by atoms with Gasteiger partial charge in [-0.05, 0) is 78.9 Å². The molecule has 0 amide bonds. The van der Waals surface area contributed by atoms with Gasteiger partial charge in [0.05, 0.1) is 32.7 Å². The molecule has 0 atom stereocenters. The highest BCUT2D eigenvalue weighted by Gasteiger charge is 2.16. The van der Waals surface area contributed by atoms with Gasteiger partial charge in [-0.3, -0.25) is 9.97 Å². The van der Waals surface area contributed by atoms with Crippen LogP contribution < -0.4 is 14.2 Å². The predicted octanol–water partition coefficient (Wildman–Crippen LogP) is 8.60. The van der Waals surface area contributed by atoms with Gasteiger partial charge in [0.15, 0.2) is 11.5 Å². The maximum Gasteiger partial charge on any atom is 0.203 e. The molecule has 0 bridgehead atoms. The molecule has 5 rings (SSSR count). The van der Waals surface area contributed by atoms with E-state index in [1.807, 2.05) is 42.7 Å². The topological polar surface area (TPSA) is 53.5 Å². The highest BCUT2D eigenvalue weighted by atomic mass is 16.5. The molecule has 5 nitrogen and oxygen atoms in total. The summed E-state index contributed by atoms with van der Waals surface area (Å²) < 4.78 is 16.7. The van der Waals surface area contributed by atoms with E-state index in [9.17, 15) is 0 Å². The van der Waals surface area contributed by atoms with Gasteiger partial charge < -0.3 is 14.2 Å². The van der Waals surface area contributed by atoms with E-state index in [-0.39, 0.29) is 0 Å². The second-order valence-corrected chi connectivity index (χ2v) is 10.0. The summed E-state index contributed by atoms with van der Waals surface area (Å²) in [4.78, 5) is 9.85. The minimum Gasteiger partial charge on any atom is -0.493 e. The van der Waals surface area contributed by atoms with Gasteiger partial charge in [0.2, 0.25) is 5.75 Å². The van der Waals surface area contributed by atoms with Crippen molar-refractivity contribution in [2.75, 3.05) is 21.3 Å². The summed E-state index contributed by atoms with van der Waals surface area (Å²) in [5.41, 5.74) is 11.5. The molecule has 5 heteroatoms. The summed E-state index contributed by atoms with van der Waals surface area (Å²) in [6.07, 6.45) is 8.00.